The minimum absolute atomic E-state index is 0.0538. The highest BCUT2D eigenvalue weighted by Crippen LogP contribution is 2.44. The Bertz CT molecular complexity index is 333. The number of hydrogen-bond acceptors (Lipinski definition) is 1. The van der Waals surface area contributed by atoms with Crippen molar-refractivity contribution in [1.82, 2.24) is 0 Å². The topological polar surface area (TPSA) is 26.0 Å². The van der Waals surface area contributed by atoms with Gasteiger partial charge in [-0.25, -0.2) is 8.78 Å². The van der Waals surface area contributed by atoms with E-state index >= 15 is 0 Å². The van der Waals surface area contributed by atoms with Crippen molar-refractivity contribution in [3.8, 4) is 0 Å². The van der Waals surface area contributed by atoms with Crippen molar-refractivity contribution < 1.29 is 8.78 Å². The normalized spacial score (nSPS) is 18.8. The predicted molar refractivity (Wildman–Crippen MR) is 46.2 cm³/mol. The summed E-state index contributed by atoms with van der Waals surface area (Å²) in [6.45, 7) is 1.66. The quantitative estimate of drug-likeness (QED) is 0.709. The number of aryl methyl sites for hydroxylation is 1. The van der Waals surface area contributed by atoms with Gasteiger partial charge in [0.25, 0.3) is 0 Å². The molecule has 2 N–H and O–H groups in total. The van der Waals surface area contributed by atoms with Gasteiger partial charge in [0.1, 0.15) is 11.6 Å². The molecule has 1 aliphatic rings. The Hall–Kier alpha value is -0.960. The van der Waals surface area contributed by atoms with Crippen molar-refractivity contribution >= 4 is 0 Å². The Morgan fingerprint density at radius 3 is 2.08 bits per heavy atom. The van der Waals surface area contributed by atoms with E-state index in [0.29, 0.717) is 18.4 Å². The van der Waals surface area contributed by atoms with E-state index in [4.69, 9.17) is 5.73 Å². The van der Waals surface area contributed by atoms with Crippen LogP contribution >= 0.6 is 0 Å². The molecular formula is C10H11F2N. The van der Waals surface area contributed by atoms with E-state index in [0.717, 1.165) is 0 Å². The van der Waals surface area contributed by atoms with Crippen molar-refractivity contribution in [3.05, 3.63) is 34.9 Å². The van der Waals surface area contributed by atoms with Gasteiger partial charge in [-0.05, 0) is 37.5 Å². The standard InChI is InChI=1S/C10H11F2N/c1-6-4-7(11)9(8(12)5-6)10(13)2-3-10/h4-5H,2-3,13H2,1H3. The van der Waals surface area contributed by atoms with Crippen molar-refractivity contribution in [2.75, 3.05) is 0 Å². The summed E-state index contributed by atoms with van der Waals surface area (Å²) in [6.07, 6.45) is 1.34. The molecule has 1 nitrogen and oxygen atoms in total. The van der Waals surface area contributed by atoms with Gasteiger partial charge in [-0.2, -0.15) is 0 Å². The second-order valence-corrected chi connectivity index (χ2v) is 3.76. The fourth-order valence-corrected chi connectivity index (χ4v) is 1.56. The van der Waals surface area contributed by atoms with Gasteiger partial charge >= 0.3 is 0 Å². The van der Waals surface area contributed by atoms with Crippen LogP contribution in [0.4, 0.5) is 8.78 Å². The third-order valence-electron chi connectivity index (χ3n) is 2.47. The summed E-state index contributed by atoms with van der Waals surface area (Å²) >= 11 is 0. The number of hydrogen-bond donors (Lipinski definition) is 1. The molecule has 1 aliphatic carbocycles. The molecule has 1 aromatic carbocycles. The Balaban J connectivity index is 2.57. The van der Waals surface area contributed by atoms with Crippen LogP contribution in [0.25, 0.3) is 0 Å². The second kappa shape index (κ2) is 2.51. The average molecular weight is 183 g/mol. The van der Waals surface area contributed by atoms with E-state index in [1.54, 1.807) is 6.92 Å². The molecule has 0 radical (unpaired) electrons. The molecule has 70 valence electrons. The molecule has 0 atom stereocenters. The first-order chi connectivity index (χ1) is 6.03. The summed E-state index contributed by atoms with van der Waals surface area (Å²) in [4.78, 5) is 0. The largest absolute Gasteiger partial charge is 0.321 e. The summed E-state index contributed by atoms with van der Waals surface area (Å²) in [5.41, 5.74) is 5.65. The lowest BCUT2D eigenvalue weighted by atomic mass is 10.0. The molecule has 1 saturated carbocycles. The summed E-state index contributed by atoms with van der Waals surface area (Å²) in [7, 11) is 0. The first-order valence-corrected chi connectivity index (χ1v) is 4.28. The van der Waals surface area contributed by atoms with E-state index < -0.39 is 17.2 Å². The summed E-state index contributed by atoms with van der Waals surface area (Å²) in [5.74, 6) is -1.03. The molecule has 3 heteroatoms. The molecule has 0 spiro atoms. The molecule has 0 bridgehead atoms. The van der Waals surface area contributed by atoms with E-state index in [2.05, 4.69) is 0 Å². The van der Waals surface area contributed by atoms with E-state index in [1.165, 1.54) is 12.1 Å². The maximum absolute atomic E-state index is 13.3. The number of benzene rings is 1. The summed E-state index contributed by atoms with van der Waals surface area (Å²) in [6, 6.07) is 2.65. The number of halogens is 2. The highest BCUT2D eigenvalue weighted by Gasteiger charge is 2.44. The highest BCUT2D eigenvalue weighted by atomic mass is 19.1. The van der Waals surface area contributed by atoms with Gasteiger partial charge in [-0.3, -0.25) is 0 Å². The SMILES string of the molecule is Cc1cc(F)c(C2(N)CC2)c(F)c1. The van der Waals surface area contributed by atoms with Crippen molar-refractivity contribution in [1.29, 1.82) is 0 Å². The zero-order valence-corrected chi connectivity index (χ0v) is 7.40. The first-order valence-electron chi connectivity index (χ1n) is 4.28. The molecule has 0 amide bonds. The highest BCUT2D eigenvalue weighted by molar-refractivity contribution is 5.34. The molecule has 0 heterocycles. The van der Waals surface area contributed by atoms with Gasteiger partial charge in [0.05, 0.1) is 0 Å². The van der Waals surface area contributed by atoms with Crippen LogP contribution in [-0.4, -0.2) is 0 Å². The smallest absolute Gasteiger partial charge is 0.131 e. The Kier molecular flexibility index (Phi) is 1.67. The molecule has 1 fully saturated rings. The Labute approximate surface area is 75.6 Å². The zero-order chi connectivity index (χ0) is 9.64. The van der Waals surface area contributed by atoms with Crippen LogP contribution in [0.3, 0.4) is 0 Å². The maximum atomic E-state index is 13.3. The van der Waals surface area contributed by atoms with Crippen LogP contribution in [0.5, 0.6) is 0 Å². The second-order valence-electron chi connectivity index (χ2n) is 3.76. The third kappa shape index (κ3) is 1.33. The van der Waals surface area contributed by atoms with Gasteiger partial charge in [-0.15, -0.1) is 0 Å². The van der Waals surface area contributed by atoms with Crippen LogP contribution < -0.4 is 5.73 Å². The Morgan fingerprint density at radius 1 is 1.23 bits per heavy atom. The lowest BCUT2D eigenvalue weighted by molar-refractivity contribution is 0.519. The molecule has 0 unspecified atom stereocenters. The fourth-order valence-electron chi connectivity index (χ4n) is 1.56. The lowest BCUT2D eigenvalue weighted by Crippen LogP contribution is -2.22. The fraction of sp³-hybridized carbons (Fsp3) is 0.400. The van der Waals surface area contributed by atoms with Crippen LogP contribution in [-0.2, 0) is 5.54 Å². The van der Waals surface area contributed by atoms with Gasteiger partial charge in [0.15, 0.2) is 0 Å². The van der Waals surface area contributed by atoms with Crippen LogP contribution in [0, 0.1) is 18.6 Å². The van der Waals surface area contributed by atoms with Crippen molar-refractivity contribution in [2.45, 2.75) is 25.3 Å². The third-order valence-corrected chi connectivity index (χ3v) is 2.47. The molecule has 2 rings (SSSR count). The minimum Gasteiger partial charge on any atom is -0.321 e. The van der Waals surface area contributed by atoms with E-state index in [9.17, 15) is 8.78 Å². The van der Waals surface area contributed by atoms with Crippen LogP contribution in [0.1, 0.15) is 24.0 Å². The maximum Gasteiger partial charge on any atom is 0.131 e. The average Bonchev–Trinajstić information content (AvgIpc) is 2.65. The lowest BCUT2D eigenvalue weighted by Gasteiger charge is -2.12. The first kappa shape index (κ1) is 8.63. The Morgan fingerprint density at radius 2 is 1.69 bits per heavy atom. The summed E-state index contributed by atoms with van der Waals surface area (Å²) < 4.78 is 26.7. The molecule has 0 saturated heterocycles. The van der Waals surface area contributed by atoms with Gasteiger partial charge in [0.2, 0.25) is 0 Å². The van der Waals surface area contributed by atoms with Crippen LogP contribution in [0.2, 0.25) is 0 Å². The number of rotatable bonds is 1. The van der Waals surface area contributed by atoms with Crippen LogP contribution in [0.15, 0.2) is 12.1 Å². The minimum atomic E-state index is -0.734. The molecular weight excluding hydrogens is 172 g/mol. The summed E-state index contributed by atoms with van der Waals surface area (Å²) in [5, 5.41) is 0. The molecule has 1 aromatic rings. The van der Waals surface area contributed by atoms with Gasteiger partial charge in [0, 0.05) is 11.1 Å². The molecule has 0 aliphatic heterocycles. The van der Waals surface area contributed by atoms with E-state index in [1.807, 2.05) is 0 Å². The van der Waals surface area contributed by atoms with Gasteiger partial charge < -0.3 is 5.73 Å². The number of nitrogens with two attached hydrogens (primary N) is 1. The van der Waals surface area contributed by atoms with Crippen molar-refractivity contribution in [2.24, 2.45) is 5.73 Å². The van der Waals surface area contributed by atoms with Crippen molar-refractivity contribution in [3.63, 3.8) is 0 Å². The molecule has 0 aromatic heterocycles. The molecule has 13 heavy (non-hydrogen) atoms. The predicted octanol–water partition coefficient (Wildman–Crippen LogP) is 2.22. The van der Waals surface area contributed by atoms with E-state index in [-0.39, 0.29) is 5.56 Å². The zero-order valence-electron chi connectivity index (χ0n) is 7.40. The monoisotopic (exact) mass is 183 g/mol. The van der Waals surface area contributed by atoms with Gasteiger partial charge in [-0.1, -0.05) is 0 Å².